The topological polar surface area (TPSA) is 91.3 Å². The molecule has 0 aromatic rings. The Hall–Kier alpha value is -2.50. The largest absolute Gasteiger partial charge is 0.445 e. The van der Waals surface area contributed by atoms with E-state index in [1.807, 2.05) is 32.6 Å². The second kappa shape index (κ2) is 12.1. The van der Waals surface area contributed by atoms with Gasteiger partial charge in [0.15, 0.2) is 0 Å². The van der Waals surface area contributed by atoms with Crippen molar-refractivity contribution in [2.45, 2.75) is 39.4 Å². The number of nitrogens with one attached hydrogen (secondary N) is 1. The summed E-state index contributed by atoms with van der Waals surface area (Å²) in [5.41, 5.74) is 0.326. The van der Waals surface area contributed by atoms with Crippen LogP contribution in [0.3, 0.4) is 0 Å². The number of rotatable bonds is 7. The zero-order chi connectivity index (χ0) is 21.9. The van der Waals surface area contributed by atoms with E-state index in [4.69, 9.17) is 15.9 Å². The number of carbonyl (C=O) groups excluding carboxylic acids is 2. The number of aliphatic hydroxyl groups excluding tert-OH is 1. The summed E-state index contributed by atoms with van der Waals surface area (Å²) in [6.45, 7) is 10.3. The van der Waals surface area contributed by atoms with E-state index in [2.05, 4.69) is 11.2 Å². The Labute approximate surface area is 173 Å². The van der Waals surface area contributed by atoms with Crippen molar-refractivity contribution in [2.24, 2.45) is 0 Å². The van der Waals surface area contributed by atoms with E-state index in [0.29, 0.717) is 32.7 Å². The maximum Gasteiger partial charge on any atom is 0.410 e. The monoisotopic (exact) mass is 407 g/mol. The van der Waals surface area contributed by atoms with Gasteiger partial charge in [-0.2, -0.15) is 0 Å². The molecule has 8 nitrogen and oxygen atoms in total. The standard InChI is InChI=1S/C21H33N3O5/c1-6-7-8-9-17(2)16-28-19(26)22-14-18(25)15-23-10-12-24(13-11-23)20(27)29-21(3,4)5/h1,7-9,18,25H,10-16H2,2-5H3,(H,22,26). The van der Waals surface area contributed by atoms with Crippen LogP contribution in [-0.2, 0) is 9.47 Å². The average molecular weight is 408 g/mol. The van der Waals surface area contributed by atoms with Crippen molar-refractivity contribution in [3.05, 3.63) is 23.8 Å². The predicted octanol–water partition coefficient (Wildman–Crippen LogP) is 1.76. The summed E-state index contributed by atoms with van der Waals surface area (Å²) in [5.74, 6) is 2.37. The van der Waals surface area contributed by atoms with Gasteiger partial charge < -0.3 is 24.8 Å². The number of amides is 2. The van der Waals surface area contributed by atoms with E-state index in [9.17, 15) is 14.7 Å². The molecular weight excluding hydrogens is 374 g/mol. The Balaban J connectivity index is 2.24. The SMILES string of the molecule is C#CC=CC=C(C)COC(=O)NCC(O)CN1CCN(C(=O)OC(C)(C)C)CC1. The van der Waals surface area contributed by atoms with E-state index in [-0.39, 0.29) is 19.2 Å². The first-order chi connectivity index (χ1) is 13.6. The molecule has 0 radical (unpaired) electrons. The highest BCUT2D eigenvalue weighted by molar-refractivity contribution is 5.68. The Bertz CT molecular complexity index is 638. The number of piperazine rings is 1. The molecular formula is C21H33N3O5. The minimum Gasteiger partial charge on any atom is -0.445 e. The number of β-amino-alcohol motifs (C(OH)–C–C–N with tert-alkyl or cyclic N) is 1. The van der Waals surface area contributed by atoms with Gasteiger partial charge in [-0.25, -0.2) is 9.59 Å². The first kappa shape index (κ1) is 24.5. The van der Waals surface area contributed by atoms with Crippen molar-refractivity contribution in [3.63, 3.8) is 0 Å². The number of carbonyl (C=O) groups is 2. The molecule has 2 amide bonds. The molecule has 1 atom stereocenters. The van der Waals surface area contributed by atoms with Crippen LogP contribution < -0.4 is 5.32 Å². The van der Waals surface area contributed by atoms with Gasteiger partial charge in [-0.1, -0.05) is 18.1 Å². The lowest BCUT2D eigenvalue weighted by Crippen LogP contribution is -2.52. The maximum absolute atomic E-state index is 12.1. The third-order valence-electron chi connectivity index (χ3n) is 3.98. The summed E-state index contributed by atoms with van der Waals surface area (Å²) in [6, 6.07) is 0. The number of nitrogens with zero attached hydrogens (tertiary/aromatic N) is 2. The van der Waals surface area contributed by atoms with Gasteiger partial charge in [-0.15, -0.1) is 6.42 Å². The van der Waals surface area contributed by atoms with E-state index >= 15 is 0 Å². The Kier molecular flexibility index (Phi) is 10.3. The molecule has 1 rings (SSSR count). The highest BCUT2D eigenvalue weighted by Gasteiger charge is 2.26. The average Bonchev–Trinajstić information content (AvgIpc) is 2.64. The lowest BCUT2D eigenvalue weighted by Gasteiger charge is -2.36. The first-order valence-corrected chi connectivity index (χ1v) is 9.68. The number of aliphatic hydroxyl groups is 1. The van der Waals surface area contributed by atoms with E-state index in [1.54, 1.807) is 23.1 Å². The Morgan fingerprint density at radius 1 is 1.28 bits per heavy atom. The third kappa shape index (κ3) is 11.2. The molecule has 0 aromatic heterocycles. The number of terminal acetylenes is 1. The highest BCUT2D eigenvalue weighted by atomic mass is 16.6. The molecule has 1 aliphatic heterocycles. The molecule has 1 fully saturated rings. The van der Waals surface area contributed by atoms with Crippen molar-refractivity contribution < 1.29 is 24.2 Å². The summed E-state index contributed by atoms with van der Waals surface area (Å²) in [5, 5.41) is 12.7. The summed E-state index contributed by atoms with van der Waals surface area (Å²) in [4.78, 5) is 27.5. The van der Waals surface area contributed by atoms with Gasteiger partial charge in [0.1, 0.15) is 12.2 Å². The van der Waals surface area contributed by atoms with Crippen LogP contribution >= 0.6 is 0 Å². The minimum absolute atomic E-state index is 0.0882. The lowest BCUT2D eigenvalue weighted by molar-refractivity contribution is 0.0102. The van der Waals surface area contributed by atoms with Gasteiger partial charge in [0.25, 0.3) is 0 Å². The zero-order valence-electron chi connectivity index (χ0n) is 17.8. The molecule has 1 aliphatic rings. The van der Waals surface area contributed by atoms with Gasteiger partial charge in [0.2, 0.25) is 0 Å². The number of alkyl carbamates (subject to hydrolysis) is 1. The van der Waals surface area contributed by atoms with Gasteiger partial charge in [0, 0.05) is 39.3 Å². The number of allylic oxidation sites excluding steroid dienone is 3. The Morgan fingerprint density at radius 2 is 1.93 bits per heavy atom. The van der Waals surface area contributed by atoms with Crippen LogP contribution in [0, 0.1) is 12.3 Å². The zero-order valence-corrected chi connectivity index (χ0v) is 17.8. The fourth-order valence-corrected chi connectivity index (χ4v) is 2.55. The van der Waals surface area contributed by atoms with Crippen LogP contribution in [0.1, 0.15) is 27.7 Å². The van der Waals surface area contributed by atoms with Crippen molar-refractivity contribution in [1.29, 1.82) is 0 Å². The summed E-state index contributed by atoms with van der Waals surface area (Å²) >= 11 is 0. The smallest absolute Gasteiger partial charge is 0.410 e. The highest BCUT2D eigenvalue weighted by Crippen LogP contribution is 2.12. The summed E-state index contributed by atoms with van der Waals surface area (Å²) in [6.07, 6.45) is 8.47. The van der Waals surface area contributed by atoms with E-state index in [1.165, 1.54) is 0 Å². The molecule has 1 heterocycles. The molecule has 29 heavy (non-hydrogen) atoms. The van der Waals surface area contributed by atoms with Crippen LogP contribution in [0.5, 0.6) is 0 Å². The minimum atomic E-state index is -0.731. The van der Waals surface area contributed by atoms with Crippen LogP contribution in [0.15, 0.2) is 23.8 Å². The van der Waals surface area contributed by atoms with E-state index < -0.39 is 17.8 Å². The molecule has 8 heteroatoms. The molecule has 0 aromatic carbocycles. The lowest BCUT2D eigenvalue weighted by atomic mass is 10.2. The van der Waals surface area contributed by atoms with Gasteiger partial charge in [0.05, 0.1) is 6.10 Å². The maximum atomic E-state index is 12.1. The molecule has 1 unspecified atom stereocenters. The molecule has 0 aliphatic carbocycles. The number of hydrogen-bond acceptors (Lipinski definition) is 6. The number of ether oxygens (including phenoxy) is 2. The fraction of sp³-hybridized carbons (Fsp3) is 0.619. The van der Waals surface area contributed by atoms with Crippen LogP contribution in [0.2, 0.25) is 0 Å². The number of hydrogen-bond donors (Lipinski definition) is 2. The van der Waals surface area contributed by atoms with Crippen molar-refractivity contribution in [3.8, 4) is 12.3 Å². The molecule has 1 saturated heterocycles. The van der Waals surface area contributed by atoms with Gasteiger partial charge in [-0.3, -0.25) is 4.90 Å². The molecule has 0 bridgehead atoms. The van der Waals surface area contributed by atoms with Crippen molar-refractivity contribution in [2.75, 3.05) is 45.9 Å². The first-order valence-electron chi connectivity index (χ1n) is 9.68. The molecule has 0 saturated carbocycles. The van der Waals surface area contributed by atoms with Crippen LogP contribution in [0.25, 0.3) is 0 Å². The normalized spacial score (nSPS) is 17.0. The van der Waals surface area contributed by atoms with Crippen LogP contribution in [-0.4, -0.2) is 84.7 Å². The second-order valence-electron chi connectivity index (χ2n) is 7.92. The summed E-state index contributed by atoms with van der Waals surface area (Å²) in [7, 11) is 0. The Morgan fingerprint density at radius 3 is 2.52 bits per heavy atom. The fourth-order valence-electron chi connectivity index (χ4n) is 2.55. The molecule has 2 N–H and O–H groups in total. The predicted molar refractivity (Wildman–Crippen MR) is 111 cm³/mol. The molecule has 0 spiro atoms. The van der Waals surface area contributed by atoms with Crippen molar-refractivity contribution >= 4 is 12.2 Å². The second-order valence-corrected chi connectivity index (χ2v) is 7.92. The van der Waals surface area contributed by atoms with Gasteiger partial charge in [-0.05, 0) is 39.3 Å². The van der Waals surface area contributed by atoms with Crippen molar-refractivity contribution in [1.82, 2.24) is 15.1 Å². The quantitative estimate of drug-likeness (QED) is 0.494. The van der Waals surface area contributed by atoms with Crippen LogP contribution in [0.4, 0.5) is 9.59 Å². The third-order valence-corrected chi connectivity index (χ3v) is 3.98. The van der Waals surface area contributed by atoms with E-state index in [0.717, 1.165) is 5.57 Å². The summed E-state index contributed by atoms with van der Waals surface area (Å²) < 4.78 is 10.4. The molecule has 162 valence electrons. The van der Waals surface area contributed by atoms with Gasteiger partial charge >= 0.3 is 12.2 Å².